The second-order valence-corrected chi connectivity index (χ2v) is 40.8. The molecule has 4 saturated heterocycles. The van der Waals surface area contributed by atoms with Crippen LogP contribution >= 0.6 is 0 Å². The van der Waals surface area contributed by atoms with Gasteiger partial charge in [-0.05, 0) is 100 Å². The molecule has 0 aromatic heterocycles. The number of ether oxygens (including phenoxy) is 19. The van der Waals surface area contributed by atoms with E-state index in [-0.39, 0.29) is 92.8 Å². The summed E-state index contributed by atoms with van der Waals surface area (Å²) < 4.78 is 133. The van der Waals surface area contributed by atoms with Crippen LogP contribution in [0.15, 0.2) is 328 Å². The highest BCUT2D eigenvalue weighted by molar-refractivity contribution is 6.76. The summed E-state index contributed by atoms with van der Waals surface area (Å²) in [5, 5.41) is 14.5. The topological polar surface area (TPSA) is 318 Å². The Morgan fingerprint density at radius 2 is 0.609 bits per heavy atom. The van der Waals surface area contributed by atoms with Gasteiger partial charge in [-0.3, -0.25) is 19.3 Å². The van der Waals surface area contributed by atoms with E-state index in [0.717, 1.165) is 33.2 Å². The van der Waals surface area contributed by atoms with E-state index in [1.165, 1.54) is 67.6 Å². The van der Waals surface area contributed by atoms with Gasteiger partial charge in [-0.1, -0.05) is 287 Å². The monoisotopic (exact) mass is 1890 g/mol. The van der Waals surface area contributed by atoms with E-state index in [0.29, 0.717) is 11.1 Å². The Hall–Kier alpha value is -12.5. The van der Waals surface area contributed by atoms with Crippen LogP contribution in [0.25, 0.3) is 0 Å². The molecule has 29 heteroatoms. The first-order valence-electron chi connectivity index (χ1n) is 46.1. The van der Waals surface area contributed by atoms with Gasteiger partial charge in [0.05, 0.1) is 92.8 Å². The van der Waals surface area contributed by atoms with Crippen molar-refractivity contribution in [3.63, 3.8) is 0 Å². The molecule has 5 aliphatic heterocycles. The van der Waals surface area contributed by atoms with Crippen molar-refractivity contribution in [1.82, 2.24) is 4.90 Å². The molecule has 0 aliphatic carbocycles. The highest BCUT2D eigenvalue weighted by Gasteiger charge is 2.62. The standard InChI is InChI=1S/C109H111NO27Si/c1-71(111)127-92-86(69-121-63-74-41-19-7-20-42-74)130-108(136-91-85(68-120-62-73-39-17-6-18-40-73)129-107(122-59-60-138(2,3)4)97(124-65-76-45-23-9-24-46-76)94(91)123-64-75-43-21-8-22-44-75)98(125-66-77-47-25-10-26-48-77)95(92)137-106-88(110-100(113)82-57-35-36-58-83(82)101(110)114)89(112)90(84(128-106)67-119-61-72-37-15-5-16-38-72)135-109-99(134-105(118)81-55-33-14-34-56-81)96(133-104(117)80-53-31-13-32-54-80)93(132-103(116)79-51-29-12-30-52-79)87(131-109)70-126-102(115)78-49-27-11-28-50-78/h5-58,84-99,106-109,112H,59-70H2,1-4H3/t84-,85-,86-,87-,88-,89-,90-,91-,92+,93+,94+,95+,96+,97-,98-,99-,106+,107-,108+,109+/m1/s1. The summed E-state index contributed by atoms with van der Waals surface area (Å²) in [7, 11) is -1.80. The predicted octanol–water partition coefficient (Wildman–Crippen LogP) is 15.3. The second-order valence-electron chi connectivity index (χ2n) is 35.2. The van der Waals surface area contributed by atoms with E-state index in [9.17, 15) is 19.5 Å². The fraction of sp³-hybridized carbons (Fsp3) is 0.330. The van der Waals surface area contributed by atoms with E-state index >= 15 is 19.2 Å². The van der Waals surface area contributed by atoms with Crippen LogP contribution in [0.5, 0.6) is 0 Å². The van der Waals surface area contributed by atoms with Crippen molar-refractivity contribution in [1.29, 1.82) is 0 Å². The minimum Gasteiger partial charge on any atom is -0.459 e. The van der Waals surface area contributed by atoms with Crippen LogP contribution in [0, 0.1) is 0 Å². The molecule has 4 fully saturated rings. The lowest BCUT2D eigenvalue weighted by molar-refractivity contribution is -0.391. The number of carbonyl (C=O) groups excluding carboxylic acids is 7. The minimum absolute atomic E-state index is 0.00293. The molecule has 5 aliphatic rings. The number of benzene rings is 11. The fourth-order valence-corrected chi connectivity index (χ4v) is 17.8. The number of hydrogen-bond acceptors (Lipinski definition) is 27. The van der Waals surface area contributed by atoms with Crippen molar-refractivity contribution in [2.24, 2.45) is 0 Å². The molecule has 0 spiro atoms. The largest absolute Gasteiger partial charge is 0.459 e. The van der Waals surface area contributed by atoms with Crippen molar-refractivity contribution >= 4 is 49.7 Å². The highest BCUT2D eigenvalue weighted by Crippen LogP contribution is 2.43. The Kier molecular flexibility index (Phi) is 34.4. The number of rotatable bonds is 42. The van der Waals surface area contributed by atoms with Crippen LogP contribution in [0.4, 0.5) is 0 Å². The maximum atomic E-state index is 16.0. The number of nitrogens with zero attached hydrogens (tertiary/aromatic N) is 1. The van der Waals surface area contributed by atoms with Crippen molar-refractivity contribution in [3.05, 3.63) is 394 Å². The molecule has 16 rings (SSSR count). The smallest absolute Gasteiger partial charge is 0.338 e. The number of amides is 2. The van der Waals surface area contributed by atoms with Crippen LogP contribution in [0.2, 0.25) is 25.7 Å². The average Bonchev–Trinajstić information content (AvgIpc) is 1.51. The predicted molar refractivity (Wildman–Crippen MR) is 503 cm³/mol. The molecule has 0 unspecified atom stereocenters. The van der Waals surface area contributed by atoms with E-state index in [2.05, 4.69) is 19.6 Å². The Balaban J connectivity index is 0.856. The van der Waals surface area contributed by atoms with Gasteiger partial charge >= 0.3 is 29.8 Å². The maximum Gasteiger partial charge on any atom is 0.338 e. The Bertz CT molecular complexity index is 5680. The number of carbonyl (C=O) groups is 7. The lowest BCUT2D eigenvalue weighted by Crippen LogP contribution is -2.71. The van der Waals surface area contributed by atoms with Gasteiger partial charge in [-0.2, -0.15) is 0 Å². The van der Waals surface area contributed by atoms with Crippen molar-refractivity contribution < 1.29 is 129 Å². The molecule has 20 atom stereocenters. The Morgan fingerprint density at radius 1 is 0.304 bits per heavy atom. The molecule has 11 aromatic carbocycles. The molecule has 2 amide bonds. The zero-order valence-electron chi connectivity index (χ0n) is 76.7. The molecule has 11 aromatic rings. The lowest BCUT2D eigenvalue weighted by Gasteiger charge is -2.52. The van der Waals surface area contributed by atoms with Gasteiger partial charge in [0.1, 0.15) is 79.8 Å². The maximum absolute atomic E-state index is 16.0. The first-order chi connectivity index (χ1) is 67.3. The normalized spacial score (nSPS) is 25.2. The number of imide groups is 1. The number of hydrogen-bond donors (Lipinski definition) is 1. The Labute approximate surface area is 801 Å². The average molecular weight is 1900 g/mol. The van der Waals surface area contributed by atoms with Crippen molar-refractivity contribution in [2.45, 2.75) is 195 Å². The molecule has 0 radical (unpaired) electrons. The number of esters is 5. The van der Waals surface area contributed by atoms with Gasteiger partial charge in [-0.25, -0.2) is 19.2 Å². The van der Waals surface area contributed by atoms with E-state index < -0.39 is 186 Å². The van der Waals surface area contributed by atoms with Crippen molar-refractivity contribution in [2.75, 3.05) is 33.0 Å². The van der Waals surface area contributed by atoms with Gasteiger partial charge in [0.2, 0.25) is 0 Å². The SMILES string of the molecule is CC(=O)O[C@@H]1[C@H](O[C@@H]2O[C@H](COCc3ccccc3)[C@@H](O[C@@H]3O[C@H](COC(=O)c4ccccc4)[C@H](OC(=O)c4ccccc4)[C@H](OC(=O)c4ccccc4)[C@H]3OC(=O)c3ccccc3)[C@H](O)[C@H]2N2C(=O)c3ccccc3C2=O)[C@@H](OCc2ccccc2)[C@H](O[C@H]2[C@H](OCc3ccccc3)[C@@H](OCc3ccccc3)[C@H](OCC[Si](C)(C)C)O[C@@H]2COCc2ccccc2)O[C@@H]1COCc1ccccc1. The highest BCUT2D eigenvalue weighted by atomic mass is 28.3. The second kappa shape index (κ2) is 48.2. The summed E-state index contributed by atoms with van der Waals surface area (Å²) in [5.41, 5.74) is 4.35. The van der Waals surface area contributed by atoms with Crippen LogP contribution in [-0.4, -0.2) is 216 Å². The number of aliphatic hydroxyl groups is 1. The molecule has 138 heavy (non-hydrogen) atoms. The summed E-state index contributed by atoms with van der Waals surface area (Å²) in [6.45, 7) is 6.06. The van der Waals surface area contributed by atoms with Crippen LogP contribution in [0.1, 0.15) is 102 Å². The first-order valence-corrected chi connectivity index (χ1v) is 49.9. The lowest BCUT2D eigenvalue weighted by atomic mass is 9.93. The molecule has 1 N–H and O–H groups in total. The number of fused-ring (bicyclic) bond motifs is 1. The summed E-state index contributed by atoms with van der Waals surface area (Å²) in [4.78, 5) is 107. The third-order valence-electron chi connectivity index (χ3n) is 24.0. The summed E-state index contributed by atoms with van der Waals surface area (Å²) in [6, 6.07) is 92.1. The third-order valence-corrected chi connectivity index (χ3v) is 25.7. The van der Waals surface area contributed by atoms with Gasteiger partial charge in [0.25, 0.3) is 11.8 Å². The Morgan fingerprint density at radius 3 is 1.02 bits per heavy atom. The van der Waals surface area contributed by atoms with Crippen LogP contribution in [-0.2, 0) is 134 Å². The molecule has 5 heterocycles. The van der Waals surface area contributed by atoms with Crippen LogP contribution < -0.4 is 0 Å². The van der Waals surface area contributed by atoms with Gasteiger partial charge in [0.15, 0.2) is 49.6 Å². The van der Waals surface area contributed by atoms with Gasteiger partial charge < -0.3 is 95.1 Å². The summed E-state index contributed by atoms with van der Waals surface area (Å²) >= 11 is 0. The molecular weight excluding hydrogens is 1780 g/mol. The minimum atomic E-state index is -2.31. The van der Waals surface area contributed by atoms with E-state index in [1.807, 2.05) is 170 Å². The molecular formula is C109H111NO27Si. The third kappa shape index (κ3) is 25.9. The molecule has 0 saturated carbocycles. The van der Waals surface area contributed by atoms with Gasteiger partial charge in [-0.15, -0.1) is 0 Å². The quantitative estimate of drug-likeness (QED) is 0.0161. The van der Waals surface area contributed by atoms with E-state index in [1.54, 1.807) is 97.1 Å². The zero-order valence-corrected chi connectivity index (χ0v) is 77.7. The summed E-state index contributed by atoms with van der Waals surface area (Å²) in [5.74, 6) is -6.72. The first kappa shape index (κ1) is 98.6. The molecule has 28 nitrogen and oxygen atoms in total. The number of aliphatic hydroxyl groups excluding tert-OH is 1. The van der Waals surface area contributed by atoms with Crippen molar-refractivity contribution in [3.8, 4) is 0 Å². The molecule has 0 bridgehead atoms. The molecule has 718 valence electrons. The van der Waals surface area contributed by atoms with E-state index in [4.69, 9.17) is 90.0 Å². The van der Waals surface area contributed by atoms with Crippen LogP contribution in [0.3, 0.4) is 0 Å². The zero-order chi connectivity index (χ0) is 95.7. The summed E-state index contributed by atoms with van der Waals surface area (Å²) in [6.07, 6.45) is -32.3. The fourth-order valence-electron chi connectivity index (χ4n) is 17.0. The van der Waals surface area contributed by atoms with Gasteiger partial charge in [0, 0.05) is 21.6 Å².